The van der Waals surface area contributed by atoms with Crippen LogP contribution >= 0.6 is 0 Å². The van der Waals surface area contributed by atoms with Crippen molar-refractivity contribution >= 4 is 12.0 Å². The summed E-state index contributed by atoms with van der Waals surface area (Å²) in [6.07, 6.45) is -4.24. The number of alkyl halides is 4. The van der Waals surface area contributed by atoms with Crippen LogP contribution < -0.4 is 5.32 Å². The number of halogens is 4. The normalized spacial score (nSPS) is 11.8. The van der Waals surface area contributed by atoms with E-state index in [4.69, 9.17) is 5.11 Å². The van der Waals surface area contributed by atoms with Crippen molar-refractivity contribution in [3.05, 3.63) is 0 Å². The number of carboxylic acids is 1. The SMILES string of the molecule is CC(C)N(CCC(=O)O)C(=O)NCC(F)(F)C(F)F. The van der Waals surface area contributed by atoms with Crippen LogP contribution in [-0.2, 0) is 4.79 Å². The van der Waals surface area contributed by atoms with E-state index in [2.05, 4.69) is 0 Å². The lowest BCUT2D eigenvalue weighted by Gasteiger charge is -2.27. The molecule has 0 saturated carbocycles. The lowest BCUT2D eigenvalue weighted by atomic mass is 10.3. The molecule has 0 aliphatic carbocycles. The fourth-order valence-electron chi connectivity index (χ4n) is 1.18. The molecule has 0 bridgehead atoms. The summed E-state index contributed by atoms with van der Waals surface area (Å²) in [5, 5.41) is 10.2. The maximum absolute atomic E-state index is 12.6. The minimum absolute atomic E-state index is 0.195. The van der Waals surface area contributed by atoms with Crippen LogP contribution in [0.2, 0.25) is 0 Å². The predicted octanol–water partition coefficient (Wildman–Crippen LogP) is 1.78. The summed E-state index contributed by atoms with van der Waals surface area (Å²) in [4.78, 5) is 22.9. The molecule has 0 unspecified atom stereocenters. The molecule has 0 radical (unpaired) electrons. The van der Waals surface area contributed by atoms with Crippen LogP contribution in [0.1, 0.15) is 20.3 Å². The van der Waals surface area contributed by atoms with Crippen LogP contribution in [0.15, 0.2) is 0 Å². The average Bonchev–Trinajstić information content (AvgIpc) is 2.25. The van der Waals surface area contributed by atoms with Gasteiger partial charge < -0.3 is 15.3 Å². The molecule has 0 atom stereocenters. The monoisotopic (exact) mass is 288 g/mol. The summed E-state index contributed by atoms with van der Waals surface area (Å²) >= 11 is 0. The highest BCUT2D eigenvalue weighted by atomic mass is 19.3. The topological polar surface area (TPSA) is 69.6 Å². The number of hydrogen-bond acceptors (Lipinski definition) is 2. The van der Waals surface area contributed by atoms with Gasteiger partial charge in [-0.05, 0) is 13.8 Å². The molecule has 112 valence electrons. The highest BCUT2D eigenvalue weighted by Crippen LogP contribution is 2.21. The zero-order valence-electron chi connectivity index (χ0n) is 10.5. The molecule has 0 spiro atoms. The molecule has 0 aliphatic rings. The van der Waals surface area contributed by atoms with Crippen molar-refractivity contribution in [3.8, 4) is 0 Å². The third kappa shape index (κ3) is 6.25. The van der Waals surface area contributed by atoms with Crippen LogP contribution in [0.5, 0.6) is 0 Å². The van der Waals surface area contributed by atoms with Crippen LogP contribution in [0.3, 0.4) is 0 Å². The van der Waals surface area contributed by atoms with E-state index in [0.29, 0.717) is 0 Å². The molecule has 2 amide bonds. The van der Waals surface area contributed by atoms with Crippen molar-refractivity contribution in [1.82, 2.24) is 10.2 Å². The standard InChI is InChI=1S/C10H16F4N2O3/c1-6(2)16(4-3-7(17)18)9(19)15-5-10(13,14)8(11)12/h6,8H,3-5H2,1-2H3,(H,15,19)(H,17,18). The Morgan fingerprint density at radius 2 is 1.84 bits per heavy atom. The number of aliphatic carboxylic acids is 1. The number of carbonyl (C=O) groups is 2. The van der Waals surface area contributed by atoms with E-state index in [1.165, 1.54) is 0 Å². The second-order valence-corrected chi connectivity index (χ2v) is 4.15. The van der Waals surface area contributed by atoms with Crippen LogP contribution in [0.4, 0.5) is 22.4 Å². The Balaban J connectivity index is 4.45. The molecule has 0 saturated heterocycles. The minimum atomic E-state index is -4.31. The molecule has 9 heteroatoms. The first-order chi connectivity index (χ1) is 8.58. The first-order valence-corrected chi connectivity index (χ1v) is 5.50. The number of carboxylic acid groups (broad SMARTS) is 1. The smallest absolute Gasteiger partial charge is 0.324 e. The van der Waals surface area contributed by atoms with E-state index < -0.39 is 36.9 Å². The van der Waals surface area contributed by atoms with E-state index >= 15 is 0 Å². The van der Waals surface area contributed by atoms with Gasteiger partial charge in [0.25, 0.3) is 0 Å². The number of rotatable bonds is 7. The fraction of sp³-hybridized carbons (Fsp3) is 0.800. The molecule has 0 rings (SSSR count). The largest absolute Gasteiger partial charge is 0.481 e. The van der Waals surface area contributed by atoms with Gasteiger partial charge in [-0.1, -0.05) is 0 Å². The number of carbonyl (C=O) groups excluding carboxylic acids is 1. The predicted molar refractivity (Wildman–Crippen MR) is 58.4 cm³/mol. The van der Waals surface area contributed by atoms with Gasteiger partial charge in [0.05, 0.1) is 13.0 Å². The van der Waals surface area contributed by atoms with Gasteiger partial charge >= 0.3 is 24.3 Å². The molecule has 5 nitrogen and oxygen atoms in total. The molecule has 0 aromatic rings. The molecule has 0 aromatic heterocycles. The molecule has 0 heterocycles. The first-order valence-electron chi connectivity index (χ1n) is 5.50. The number of nitrogens with one attached hydrogen (secondary N) is 1. The second kappa shape index (κ2) is 7.15. The Bertz CT molecular complexity index is 324. The van der Waals surface area contributed by atoms with Gasteiger partial charge in [-0.3, -0.25) is 4.79 Å². The number of urea groups is 1. The van der Waals surface area contributed by atoms with E-state index in [9.17, 15) is 27.2 Å². The first kappa shape index (κ1) is 17.5. The summed E-state index contributed by atoms with van der Waals surface area (Å²) in [6, 6.07) is -1.45. The van der Waals surface area contributed by atoms with Gasteiger partial charge in [-0.2, -0.15) is 8.78 Å². The lowest BCUT2D eigenvalue weighted by molar-refractivity contribution is -0.137. The van der Waals surface area contributed by atoms with Crippen molar-refractivity contribution in [2.75, 3.05) is 13.1 Å². The highest BCUT2D eigenvalue weighted by molar-refractivity contribution is 5.75. The van der Waals surface area contributed by atoms with E-state index in [0.717, 1.165) is 4.90 Å². The van der Waals surface area contributed by atoms with Crippen molar-refractivity contribution < 1.29 is 32.3 Å². The number of nitrogens with zero attached hydrogens (tertiary/aromatic N) is 1. The Hall–Kier alpha value is -1.54. The summed E-state index contributed by atoms with van der Waals surface area (Å²) in [7, 11) is 0. The zero-order chi connectivity index (χ0) is 15.2. The zero-order valence-corrected chi connectivity index (χ0v) is 10.5. The second-order valence-electron chi connectivity index (χ2n) is 4.15. The van der Waals surface area contributed by atoms with Crippen molar-refractivity contribution in [1.29, 1.82) is 0 Å². The third-order valence-corrected chi connectivity index (χ3v) is 2.25. The van der Waals surface area contributed by atoms with Gasteiger partial charge in [-0.15, -0.1) is 0 Å². The van der Waals surface area contributed by atoms with E-state index in [1.807, 2.05) is 0 Å². The molecule has 0 fully saturated rings. The molecular weight excluding hydrogens is 272 g/mol. The van der Waals surface area contributed by atoms with Gasteiger partial charge in [0.15, 0.2) is 0 Å². The van der Waals surface area contributed by atoms with E-state index in [-0.39, 0.29) is 13.0 Å². The molecule has 0 aliphatic heterocycles. The molecule has 0 aromatic carbocycles. The van der Waals surface area contributed by atoms with Crippen molar-refractivity contribution in [2.24, 2.45) is 0 Å². The lowest BCUT2D eigenvalue weighted by Crippen LogP contribution is -2.49. The molecule has 19 heavy (non-hydrogen) atoms. The fourth-order valence-corrected chi connectivity index (χ4v) is 1.18. The number of amides is 2. The van der Waals surface area contributed by atoms with Crippen molar-refractivity contribution in [3.63, 3.8) is 0 Å². The van der Waals surface area contributed by atoms with Crippen molar-refractivity contribution in [2.45, 2.75) is 38.7 Å². The summed E-state index contributed by atoms with van der Waals surface area (Å²) in [6.45, 7) is 1.40. The van der Waals surface area contributed by atoms with Gasteiger partial charge in [0, 0.05) is 12.6 Å². The van der Waals surface area contributed by atoms with Crippen LogP contribution in [-0.4, -0.2) is 53.5 Å². The summed E-state index contributed by atoms with van der Waals surface area (Å²) in [5.74, 6) is -5.47. The van der Waals surface area contributed by atoms with Crippen LogP contribution in [0, 0.1) is 0 Å². The Labute approximate surface area is 107 Å². The highest BCUT2D eigenvalue weighted by Gasteiger charge is 2.41. The Morgan fingerprint density at radius 3 is 2.21 bits per heavy atom. The maximum Gasteiger partial charge on any atom is 0.324 e. The van der Waals surface area contributed by atoms with Crippen LogP contribution in [0.25, 0.3) is 0 Å². The minimum Gasteiger partial charge on any atom is -0.481 e. The number of hydrogen-bond donors (Lipinski definition) is 2. The van der Waals surface area contributed by atoms with Gasteiger partial charge in [0.2, 0.25) is 0 Å². The van der Waals surface area contributed by atoms with E-state index in [1.54, 1.807) is 19.2 Å². The van der Waals surface area contributed by atoms with Gasteiger partial charge in [0.1, 0.15) is 0 Å². The average molecular weight is 288 g/mol. The molecule has 2 N–H and O–H groups in total. The molecular formula is C10H16F4N2O3. The summed E-state index contributed by atoms with van der Waals surface area (Å²) in [5.41, 5.74) is 0. The Morgan fingerprint density at radius 1 is 1.32 bits per heavy atom. The summed E-state index contributed by atoms with van der Waals surface area (Å²) < 4.78 is 49.0. The van der Waals surface area contributed by atoms with Gasteiger partial charge in [-0.25, -0.2) is 13.6 Å². The third-order valence-electron chi connectivity index (χ3n) is 2.25. The quantitative estimate of drug-likeness (QED) is 0.702. The maximum atomic E-state index is 12.6. The Kier molecular flexibility index (Phi) is 6.57.